The molecule has 1 heterocycles. The van der Waals surface area contributed by atoms with Crippen molar-refractivity contribution in [2.45, 2.75) is 25.6 Å². The molecule has 0 bridgehead atoms. The zero-order valence-electron chi connectivity index (χ0n) is 11.9. The van der Waals surface area contributed by atoms with E-state index in [0.29, 0.717) is 26.1 Å². The number of hydrogen-bond acceptors (Lipinski definition) is 4. The van der Waals surface area contributed by atoms with Crippen LogP contribution in [0.15, 0.2) is 0 Å². The van der Waals surface area contributed by atoms with E-state index in [9.17, 15) is 18.0 Å². The summed E-state index contributed by atoms with van der Waals surface area (Å²) in [5.74, 6) is -1.77. The molecule has 122 valence electrons. The summed E-state index contributed by atoms with van der Waals surface area (Å²) in [5.41, 5.74) is 0. The normalized spacial score (nSPS) is 18.2. The fraction of sp³-hybridized carbons (Fsp3) is 0.833. The van der Waals surface area contributed by atoms with E-state index in [1.807, 2.05) is 11.8 Å². The van der Waals surface area contributed by atoms with E-state index in [2.05, 4.69) is 0 Å². The Morgan fingerprint density at radius 1 is 1.33 bits per heavy atom. The van der Waals surface area contributed by atoms with Gasteiger partial charge in [0.2, 0.25) is 0 Å². The maximum Gasteiger partial charge on any atom is 0.471 e. The van der Waals surface area contributed by atoms with Gasteiger partial charge in [-0.25, -0.2) is 0 Å². The van der Waals surface area contributed by atoms with Crippen molar-refractivity contribution < 1.29 is 58.9 Å². The Morgan fingerprint density at radius 3 is 2.33 bits per heavy atom. The molecule has 1 N–H and O–H groups in total. The van der Waals surface area contributed by atoms with Crippen molar-refractivity contribution in [1.29, 1.82) is 0 Å². The van der Waals surface area contributed by atoms with E-state index in [1.54, 1.807) is 6.61 Å². The molecule has 1 fully saturated rings. The monoisotopic (exact) mass is 535 g/mol. The van der Waals surface area contributed by atoms with E-state index in [-0.39, 0.29) is 56.9 Å². The average molecular weight is 535 g/mol. The van der Waals surface area contributed by atoms with Crippen LogP contribution in [0.5, 0.6) is 0 Å². The number of carbonyl (C=O) groups is 1. The second-order valence-corrected chi connectivity index (χ2v) is 4.61. The fourth-order valence-corrected chi connectivity index (χ4v) is 1.87. The van der Waals surface area contributed by atoms with Crippen molar-refractivity contribution in [1.82, 2.24) is 9.80 Å². The van der Waals surface area contributed by atoms with Crippen LogP contribution in [0.1, 0.15) is 13.3 Å². The molecule has 1 atom stereocenters. The van der Waals surface area contributed by atoms with Crippen molar-refractivity contribution in [3.63, 3.8) is 0 Å². The number of hydrogen-bond donors (Lipinski definition) is 1. The Bertz CT molecular complexity index is 307. The van der Waals surface area contributed by atoms with Gasteiger partial charge in [0.05, 0.1) is 6.61 Å². The SMILES string of the molecule is CC[C@H](CO)O[CH-]CN1CCN(C(=O)C(F)(F)F)CC1.[U]. The van der Waals surface area contributed by atoms with Crippen molar-refractivity contribution in [2.75, 3.05) is 39.3 Å². The van der Waals surface area contributed by atoms with Crippen molar-refractivity contribution in [3.8, 4) is 0 Å². The molecule has 0 aromatic rings. The number of carbonyl (C=O) groups excluding carboxylic acids is 1. The molecule has 1 saturated heterocycles. The topological polar surface area (TPSA) is 53.0 Å². The van der Waals surface area contributed by atoms with Crippen LogP contribution in [-0.4, -0.2) is 72.4 Å². The first-order valence-electron chi connectivity index (χ1n) is 6.55. The summed E-state index contributed by atoms with van der Waals surface area (Å²) >= 11 is 0. The van der Waals surface area contributed by atoms with Crippen LogP contribution in [0, 0.1) is 37.7 Å². The predicted molar refractivity (Wildman–Crippen MR) is 65.6 cm³/mol. The Kier molecular flexibility index (Phi) is 10.2. The van der Waals surface area contributed by atoms with Gasteiger partial charge in [-0.3, -0.25) is 4.79 Å². The average Bonchev–Trinajstić information content (AvgIpc) is 2.42. The van der Waals surface area contributed by atoms with E-state index < -0.39 is 12.1 Å². The molecule has 21 heavy (non-hydrogen) atoms. The Labute approximate surface area is 146 Å². The minimum Gasteiger partial charge on any atom is -0.547 e. The standard InChI is InChI=1S/C12H20F3N2O3.U/c1-2-10(9-18)20-8-7-16-3-5-17(6-4-16)11(19)12(13,14)15;/h8,10,18H,2-7,9H2,1H3;/q-1;/t10-;/m1./s1. The van der Waals surface area contributed by atoms with Crippen LogP contribution >= 0.6 is 0 Å². The van der Waals surface area contributed by atoms with Crippen molar-refractivity contribution in [3.05, 3.63) is 6.61 Å². The molecule has 0 spiro atoms. The summed E-state index contributed by atoms with van der Waals surface area (Å²) in [4.78, 5) is 13.7. The Hall–Kier alpha value is 0.192. The molecule has 1 amide bonds. The first kappa shape index (κ1) is 21.2. The molecule has 0 unspecified atom stereocenters. The number of ether oxygens (including phenoxy) is 1. The van der Waals surface area contributed by atoms with Gasteiger partial charge in [-0.15, -0.1) is 6.54 Å². The molecule has 1 aliphatic heterocycles. The van der Waals surface area contributed by atoms with Gasteiger partial charge in [-0.1, -0.05) is 6.92 Å². The third-order valence-electron chi connectivity index (χ3n) is 3.18. The van der Waals surface area contributed by atoms with Crippen LogP contribution in [-0.2, 0) is 9.53 Å². The quantitative estimate of drug-likeness (QED) is 0.508. The first-order chi connectivity index (χ1) is 9.38. The molecule has 1 aliphatic rings. The third kappa shape index (κ3) is 7.33. The van der Waals surface area contributed by atoms with Gasteiger partial charge in [0.25, 0.3) is 0 Å². The number of piperazine rings is 1. The number of aliphatic hydroxyl groups is 1. The van der Waals surface area contributed by atoms with Crippen LogP contribution in [0.2, 0.25) is 0 Å². The summed E-state index contributed by atoms with van der Waals surface area (Å²) in [5, 5.41) is 8.93. The molecular formula is C12H20F3N2O3U-. The number of halogens is 3. The molecule has 0 aliphatic carbocycles. The summed E-state index contributed by atoms with van der Waals surface area (Å²) < 4.78 is 42.0. The van der Waals surface area contributed by atoms with E-state index >= 15 is 0 Å². The van der Waals surface area contributed by atoms with Crippen molar-refractivity contribution >= 4 is 5.91 Å². The smallest absolute Gasteiger partial charge is 0.471 e. The van der Waals surface area contributed by atoms with Crippen LogP contribution in [0.25, 0.3) is 0 Å². The van der Waals surface area contributed by atoms with Gasteiger partial charge >= 0.3 is 12.1 Å². The number of aliphatic hydroxyl groups excluding tert-OH is 1. The molecule has 9 heteroatoms. The van der Waals surface area contributed by atoms with Gasteiger partial charge in [0.1, 0.15) is 0 Å². The van der Waals surface area contributed by atoms with Gasteiger partial charge in [0.15, 0.2) is 0 Å². The van der Waals surface area contributed by atoms with Gasteiger partial charge < -0.3 is 19.6 Å². The summed E-state index contributed by atoms with van der Waals surface area (Å²) in [6.45, 7) is 4.69. The summed E-state index contributed by atoms with van der Waals surface area (Å²) in [6, 6.07) is 0. The second-order valence-electron chi connectivity index (χ2n) is 4.61. The minimum atomic E-state index is -4.80. The fourth-order valence-electron chi connectivity index (χ4n) is 1.87. The van der Waals surface area contributed by atoms with Gasteiger partial charge in [-0.05, 0) is 6.42 Å². The van der Waals surface area contributed by atoms with Crippen LogP contribution < -0.4 is 0 Å². The predicted octanol–water partition coefficient (Wildman–Crippen LogP) is 0.642. The summed E-state index contributed by atoms with van der Waals surface area (Å²) in [6.07, 6.45) is -4.36. The molecule has 0 aromatic heterocycles. The van der Waals surface area contributed by atoms with Gasteiger partial charge in [0, 0.05) is 63.4 Å². The maximum atomic E-state index is 12.2. The number of rotatable bonds is 6. The van der Waals surface area contributed by atoms with E-state index in [1.165, 1.54) is 0 Å². The number of alkyl halides is 3. The third-order valence-corrected chi connectivity index (χ3v) is 3.18. The molecule has 0 saturated carbocycles. The van der Waals surface area contributed by atoms with Crippen LogP contribution in [0.4, 0.5) is 13.2 Å². The summed E-state index contributed by atoms with van der Waals surface area (Å²) in [7, 11) is 0. The number of amides is 1. The Balaban J connectivity index is 0.00000400. The first-order valence-corrected chi connectivity index (χ1v) is 6.55. The van der Waals surface area contributed by atoms with E-state index in [0.717, 1.165) is 4.90 Å². The molecule has 1 rings (SSSR count). The van der Waals surface area contributed by atoms with Crippen molar-refractivity contribution in [2.24, 2.45) is 0 Å². The molecular weight excluding hydrogens is 515 g/mol. The Morgan fingerprint density at radius 2 is 1.90 bits per heavy atom. The second kappa shape index (κ2) is 10.1. The zero-order valence-corrected chi connectivity index (χ0v) is 16.1. The van der Waals surface area contributed by atoms with Crippen LogP contribution in [0.3, 0.4) is 0 Å². The molecule has 5 nitrogen and oxygen atoms in total. The van der Waals surface area contributed by atoms with E-state index in [4.69, 9.17) is 9.84 Å². The number of nitrogens with zero attached hydrogens (tertiary/aromatic N) is 2. The largest absolute Gasteiger partial charge is 0.547 e. The van der Waals surface area contributed by atoms with Gasteiger partial charge in [-0.2, -0.15) is 19.8 Å². The molecule has 0 aromatic carbocycles. The zero-order chi connectivity index (χ0) is 15.2. The maximum absolute atomic E-state index is 12.2. The molecule has 0 radical (unpaired) electrons. The minimum absolute atomic E-state index is 0.